The molecular weight excluding hydrogens is 770 g/mol. The molecule has 8 aromatic carbocycles. The zero-order valence-corrected chi connectivity index (χ0v) is 38.6. The molecule has 0 saturated heterocycles. The zero-order chi connectivity index (χ0) is 43.7. The van der Waals surface area contributed by atoms with Crippen molar-refractivity contribution in [2.75, 3.05) is 4.90 Å². The summed E-state index contributed by atoms with van der Waals surface area (Å²) in [5, 5.41) is 2.53. The molecule has 0 aromatic heterocycles. The highest BCUT2D eigenvalue weighted by Crippen LogP contribution is 2.66. The van der Waals surface area contributed by atoms with Crippen LogP contribution < -0.4 is 21.3 Å². The first-order valence-corrected chi connectivity index (χ1v) is 23.9. The van der Waals surface area contributed by atoms with Gasteiger partial charge in [-0.3, -0.25) is 0 Å². The van der Waals surface area contributed by atoms with Crippen molar-refractivity contribution in [3.63, 3.8) is 0 Å². The van der Waals surface area contributed by atoms with E-state index < -0.39 is 0 Å². The summed E-state index contributed by atoms with van der Waals surface area (Å²) < 4.78 is 0. The van der Waals surface area contributed by atoms with E-state index in [4.69, 9.17) is 0 Å². The number of rotatable bonds is 9. The first kappa shape index (κ1) is 40.6. The van der Waals surface area contributed by atoms with Gasteiger partial charge in [-0.05, 0) is 172 Å². The van der Waals surface area contributed by atoms with Gasteiger partial charge in [0.1, 0.15) is 0 Å². The van der Waals surface area contributed by atoms with E-state index in [-0.39, 0.29) is 17.5 Å². The van der Waals surface area contributed by atoms with Gasteiger partial charge in [-0.2, -0.15) is 0 Å². The first-order chi connectivity index (χ1) is 31.0. The van der Waals surface area contributed by atoms with Crippen LogP contribution in [-0.4, -0.2) is 6.71 Å². The van der Waals surface area contributed by atoms with Crippen LogP contribution >= 0.6 is 0 Å². The Morgan fingerprint density at radius 3 is 1.50 bits per heavy atom. The van der Waals surface area contributed by atoms with Crippen molar-refractivity contribution in [3.05, 3.63) is 214 Å². The Kier molecular flexibility index (Phi) is 10.1. The van der Waals surface area contributed by atoms with Gasteiger partial charge < -0.3 is 4.90 Å². The van der Waals surface area contributed by atoms with Gasteiger partial charge >= 0.3 is 0 Å². The first-order valence-electron chi connectivity index (χ1n) is 23.9. The predicted octanol–water partition coefficient (Wildman–Crippen LogP) is 14.1. The van der Waals surface area contributed by atoms with Crippen LogP contribution in [0.2, 0.25) is 0 Å². The molecule has 2 atom stereocenters. The predicted molar refractivity (Wildman–Crippen MR) is 275 cm³/mol. The van der Waals surface area contributed by atoms with Crippen LogP contribution in [0.1, 0.15) is 83.0 Å². The van der Waals surface area contributed by atoms with Crippen LogP contribution in [0.5, 0.6) is 0 Å². The Morgan fingerprint density at radius 1 is 0.422 bits per heavy atom. The molecule has 0 N–H and O–H groups in total. The van der Waals surface area contributed by atoms with Crippen molar-refractivity contribution in [1.82, 2.24) is 0 Å². The Bertz CT molecular complexity index is 2920. The molecule has 0 heterocycles. The van der Waals surface area contributed by atoms with E-state index in [1.165, 1.54) is 127 Å². The highest BCUT2D eigenvalue weighted by Gasteiger charge is 2.58. The molecule has 8 aromatic rings. The quantitative estimate of drug-likeness (QED) is 0.131. The third-order valence-corrected chi connectivity index (χ3v) is 15.9. The van der Waals surface area contributed by atoms with E-state index in [1.807, 2.05) is 0 Å². The third kappa shape index (κ3) is 7.11. The lowest BCUT2D eigenvalue weighted by atomic mass is 9.34. The fourth-order valence-corrected chi connectivity index (χ4v) is 13.9. The van der Waals surface area contributed by atoms with Gasteiger partial charge in [0, 0.05) is 17.1 Å². The third-order valence-electron chi connectivity index (χ3n) is 15.9. The van der Waals surface area contributed by atoms with Crippen molar-refractivity contribution in [1.29, 1.82) is 0 Å². The molecule has 0 aliphatic heterocycles. The molecule has 316 valence electrons. The second-order valence-corrected chi connectivity index (χ2v) is 20.5. The van der Waals surface area contributed by atoms with Crippen molar-refractivity contribution >= 4 is 50.9 Å². The Balaban J connectivity index is 0.908. The second kappa shape index (κ2) is 15.8. The topological polar surface area (TPSA) is 3.24 Å². The lowest BCUT2D eigenvalue weighted by Crippen LogP contribution is -2.56. The summed E-state index contributed by atoms with van der Waals surface area (Å²) in [5.41, 5.74) is 22.1. The summed E-state index contributed by atoms with van der Waals surface area (Å²) in [6, 6.07) is 65.0. The van der Waals surface area contributed by atoms with Crippen molar-refractivity contribution in [3.8, 4) is 11.1 Å². The van der Waals surface area contributed by atoms with Gasteiger partial charge in [0.15, 0.2) is 0 Å². The van der Waals surface area contributed by atoms with Crippen LogP contribution in [-0.2, 0) is 10.8 Å². The van der Waals surface area contributed by atoms with E-state index in [0.717, 1.165) is 11.8 Å². The molecule has 12 rings (SSSR count). The zero-order valence-electron chi connectivity index (χ0n) is 38.6. The number of nitrogens with zero attached hydrogens (tertiary/aromatic N) is 1. The monoisotopic (exact) mass is 829 g/mol. The second-order valence-electron chi connectivity index (χ2n) is 20.5. The molecule has 4 aliphatic carbocycles. The minimum Gasteiger partial charge on any atom is -0.310 e. The van der Waals surface area contributed by atoms with E-state index >= 15 is 0 Å². The van der Waals surface area contributed by atoms with Gasteiger partial charge in [0.2, 0.25) is 6.71 Å². The van der Waals surface area contributed by atoms with Gasteiger partial charge in [-0.15, -0.1) is 0 Å². The smallest absolute Gasteiger partial charge is 0.242 e. The molecule has 4 bridgehead atoms. The lowest BCUT2D eigenvalue weighted by molar-refractivity contribution is -0.0281. The van der Waals surface area contributed by atoms with E-state index in [2.05, 4.69) is 216 Å². The largest absolute Gasteiger partial charge is 0.310 e. The highest BCUT2D eigenvalue weighted by molar-refractivity contribution is 6.96. The van der Waals surface area contributed by atoms with Crippen molar-refractivity contribution in [2.24, 2.45) is 11.8 Å². The molecule has 4 aliphatic rings. The average Bonchev–Trinajstić information content (AvgIpc) is 3.28. The summed E-state index contributed by atoms with van der Waals surface area (Å²) in [6.45, 7) is 13.8. The summed E-state index contributed by atoms with van der Waals surface area (Å²) in [7, 11) is 0. The summed E-state index contributed by atoms with van der Waals surface area (Å²) in [5.74, 6) is 1.57. The van der Waals surface area contributed by atoms with Crippen LogP contribution in [0.25, 0.3) is 21.9 Å². The highest BCUT2D eigenvalue weighted by atomic mass is 15.1. The Hall–Kier alpha value is -6.12. The molecule has 4 fully saturated rings. The number of anilines is 3. The van der Waals surface area contributed by atoms with E-state index in [1.54, 1.807) is 11.1 Å². The fraction of sp³-hybridized carbons (Fsp3) is 0.258. The number of hydrogen-bond acceptors (Lipinski definition) is 1. The lowest BCUT2D eigenvalue weighted by Gasteiger charge is -2.63. The molecule has 2 heteroatoms. The minimum atomic E-state index is 0.165. The Morgan fingerprint density at radius 2 is 0.922 bits per heavy atom. The summed E-state index contributed by atoms with van der Waals surface area (Å²) in [6.07, 6.45) is 7.95. The van der Waals surface area contributed by atoms with Crippen LogP contribution in [0, 0.1) is 53.4 Å². The molecule has 0 spiro atoms. The number of hydrogen-bond donors (Lipinski definition) is 0. The van der Waals surface area contributed by atoms with Crippen LogP contribution in [0.15, 0.2) is 170 Å². The SMILES string of the molecule is Cc1cc(C)c(B(c2cccc(-c3ccc(C45CC6CC(C4)CC(c4ccc(N(c7ccccc7)c7ccc8ccccc8c7)cc4)(C6)C5)cc3)c2)c2c(C)cc(C)cc2C)c(C)c1. The molecule has 4 saturated carbocycles. The minimum absolute atomic E-state index is 0.165. The van der Waals surface area contributed by atoms with Gasteiger partial charge in [0.25, 0.3) is 0 Å². The van der Waals surface area contributed by atoms with Gasteiger partial charge in [0.05, 0.1) is 0 Å². The average molecular weight is 830 g/mol. The molecule has 64 heavy (non-hydrogen) atoms. The maximum Gasteiger partial charge on any atom is 0.242 e. The molecule has 2 unspecified atom stereocenters. The normalized spacial score (nSPS) is 21.0. The van der Waals surface area contributed by atoms with E-state index in [0.29, 0.717) is 0 Å². The maximum atomic E-state index is 2.52. The van der Waals surface area contributed by atoms with Crippen LogP contribution in [0.3, 0.4) is 0 Å². The fourth-order valence-electron chi connectivity index (χ4n) is 13.9. The summed E-state index contributed by atoms with van der Waals surface area (Å²) >= 11 is 0. The van der Waals surface area contributed by atoms with Crippen LogP contribution in [0.4, 0.5) is 17.1 Å². The van der Waals surface area contributed by atoms with Gasteiger partial charge in [-0.25, -0.2) is 0 Å². The Labute approximate surface area is 382 Å². The number of aryl methyl sites for hydroxylation is 6. The number of fused-ring (bicyclic) bond motifs is 1. The number of benzene rings is 8. The molecule has 0 amide bonds. The molecular formula is C62H60BN. The summed E-state index contributed by atoms with van der Waals surface area (Å²) in [4.78, 5) is 2.42. The molecule has 1 nitrogen and oxygen atoms in total. The number of para-hydroxylation sites is 1. The maximum absolute atomic E-state index is 2.52. The van der Waals surface area contributed by atoms with Crippen molar-refractivity contribution < 1.29 is 0 Å². The van der Waals surface area contributed by atoms with E-state index in [9.17, 15) is 0 Å². The van der Waals surface area contributed by atoms with Crippen molar-refractivity contribution in [2.45, 2.75) is 90.9 Å². The standard InChI is InChI=1S/C62H60BN/c1-41-29-43(3)59(44(4)30-41)63(60-45(5)31-42(2)32-46(60)6)55-16-12-15-51(34-55)50-19-22-53(23-20-50)61-36-47-33-48(37-61)39-62(38-47,40-61)54-24-27-57(28-25-54)64(56-17-8-7-9-18-56)58-26-21-49-13-10-11-14-52(49)35-58/h7-32,34-35,47-48H,33,36-40H2,1-6H3. The van der Waals surface area contributed by atoms with Gasteiger partial charge in [-0.1, -0.05) is 183 Å². The molecule has 0 radical (unpaired) electrons.